The Balaban J connectivity index is 1.58. The third-order valence-electron chi connectivity index (χ3n) is 3.92. The molecule has 0 heterocycles. The van der Waals surface area contributed by atoms with Gasteiger partial charge in [-0.3, -0.25) is 4.79 Å². The summed E-state index contributed by atoms with van der Waals surface area (Å²) in [5.41, 5.74) is 6.80. The van der Waals surface area contributed by atoms with Crippen LogP contribution in [0, 0.1) is 0 Å². The molecule has 7 nitrogen and oxygen atoms in total. The Hall–Kier alpha value is -4.00. The van der Waals surface area contributed by atoms with Crippen molar-refractivity contribution in [1.29, 1.82) is 0 Å². The molecule has 0 atom stereocenters. The van der Waals surface area contributed by atoms with Crippen molar-refractivity contribution >= 4 is 17.6 Å². The van der Waals surface area contributed by atoms with Gasteiger partial charge in [-0.1, -0.05) is 30.3 Å². The van der Waals surface area contributed by atoms with Crippen molar-refractivity contribution in [2.24, 2.45) is 5.73 Å². The van der Waals surface area contributed by atoms with Gasteiger partial charge >= 0.3 is 6.03 Å². The minimum absolute atomic E-state index is 0.126. The zero-order valence-electron chi connectivity index (χ0n) is 14.9. The second-order valence-corrected chi connectivity index (χ2v) is 5.92. The smallest absolute Gasteiger partial charge is 0.319 e. The van der Waals surface area contributed by atoms with Crippen LogP contribution < -0.4 is 21.1 Å². The third kappa shape index (κ3) is 4.79. The Labute approximate surface area is 161 Å². The number of nitrogens with two attached hydrogens (primary N) is 1. The fourth-order valence-electron chi connectivity index (χ4n) is 2.50. The minimum Gasteiger partial charge on any atom is -0.508 e. The monoisotopic (exact) mass is 377 g/mol. The Morgan fingerprint density at radius 3 is 2.32 bits per heavy atom. The summed E-state index contributed by atoms with van der Waals surface area (Å²) in [7, 11) is 0. The molecule has 7 heteroatoms. The lowest BCUT2D eigenvalue weighted by atomic mass is 10.2. The highest BCUT2D eigenvalue weighted by Crippen LogP contribution is 2.26. The van der Waals surface area contributed by atoms with Crippen molar-refractivity contribution in [3.8, 4) is 17.2 Å². The number of primary amides is 1. The van der Waals surface area contributed by atoms with Gasteiger partial charge < -0.3 is 26.2 Å². The summed E-state index contributed by atoms with van der Waals surface area (Å²) < 4.78 is 5.69. The molecule has 28 heavy (non-hydrogen) atoms. The number of carbonyl (C=O) groups is 2. The van der Waals surface area contributed by atoms with Crippen molar-refractivity contribution in [3.05, 3.63) is 83.9 Å². The number of hydrogen-bond donors (Lipinski definition) is 4. The molecule has 0 aliphatic carbocycles. The molecule has 3 amide bonds. The molecule has 0 aliphatic heterocycles. The fraction of sp³-hybridized carbons (Fsp3) is 0.0476. The van der Waals surface area contributed by atoms with E-state index in [1.165, 1.54) is 0 Å². The maximum Gasteiger partial charge on any atom is 0.319 e. The van der Waals surface area contributed by atoms with Crippen molar-refractivity contribution in [2.45, 2.75) is 6.54 Å². The predicted octanol–water partition coefficient (Wildman–Crippen LogP) is 3.61. The Kier molecular flexibility index (Phi) is 5.76. The van der Waals surface area contributed by atoms with Gasteiger partial charge in [0, 0.05) is 17.8 Å². The quantitative estimate of drug-likeness (QED) is 0.525. The highest BCUT2D eigenvalue weighted by atomic mass is 16.5. The summed E-state index contributed by atoms with van der Waals surface area (Å²) in [5, 5.41) is 15.1. The average molecular weight is 377 g/mol. The van der Waals surface area contributed by atoms with Crippen LogP contribution in [-0.2, 0) is 6.54 Å². The van der Waals surface area contributed by atoms with E-state index in [0.29, 0.717) is 22.7 Å². The Morgan fingerprint density at radius 1 is 0.929 bits per heavy atom. The molecule has 0 bridgehead atoms. The molecular weight excluding hydrogens is 358 g/mol. The molecule has 0 aromatic heterocycles. The second kappa shape index (κ2) is 8.59. The number of benzene rings is 3. The van der Waals surface area contributed by atoms with Crippen LogP contribution in [0.2, 0.25) is 0 Å². The van der Waals surface area contributed by atoms with E-state index in [9.17, 15) is 14.7 Å². The first kappa shape index (κ1) is 18.8. The number of phenols is 1. The number of aromatic hydroxyl groups is 1. The van der Waals surface area contributed by atoms with Gasteiger partial charge in [0.1, 0.15) is 17.2 Å². The number of para-hydroxylation sites is 2. The van der Waals surface area contributed by atoms with Gasteiger partial charge in [0.15, 0.2) is 0 Å². The van der Waals surface area contributed by atoms with E-state index in [4.69, 9.17) is 10.5 Å². The lowest BCUT2D eigenvalue weighted by Crippen LogP contribution is -2.28. The van der Waals surface area contributed by atoms with E-state index in [-0.39, 0.29) is 17.9 Å². The first-order chi connectivity index (χ1) is 13.5. The second-order valence-electron chi connectivity index (χ2n) is 5.92. The van der Waals surface area contributed by atoms with Crippen molar-refractivity contribution in [3.63, 3.8) is 0 Å². The van der Waals surface area contributed by atoms with E-state index in [1.807, 2.05) is 0 Å². The van der Waals surface area contributed by atoms with E-state index < -0.39 is 11.9 Å². The molecule has 0 aliphatic rings. The average Bonchev–Trinajstić information content (AvgIpc) is 2.69. The van der Waals surface area contributed by atoms with Crippen LogP contribution in [0.25, 0.3) is 0 Å². The molecular formula is C21H19N3O4. The van der Waals surface area contributed by atoms with Crippen LogP contribution in [0.1, 0.15) is 15.9 Å². The molecule has 3 aromatic rings. The molecule has 3 aromatic carbocycles. The number of ether oxygens (including phenoxy) is 1. The molecule has 0 saturated heterocycles. The van der Waals surface area contributed by atoms with Gasteiger partial charge in [0.05, 0.1) is 5.56 Å². The molecule has 5 N–H and O–H groups in total. The van der Waals surface area contributed by atoms with E-state index in [1.54, 1.807) is 72.8 Å². The highest BCUT2D eigenvalue weighted by Gasteiger charge is 2.09. The molecule has 0 radical (unpaired) electrons. The van der Waals surface area contributed by atoms with Gasteiger partial charge in [-0.05, 0) is 42.5 Å². The minimum atomic E-state index is -0.574. The number of amides is 3. The van der Waals surface area contributed by atoms with Crippen LogP contribution >= 0.6 is 0 Å². The predicted molar refractivity (Wildman–Crippen MR) is 105 cm³/mol. The Morgan fingerprint density at radius 2 is 1.61 bits per heavy atom. The molecule has 0 fully saturated rings. The van der Waals surface area contributed by atoms with E-state index >= 15 is 0 Å². The van der Waals surface area contributed by atoms with Crippen LogP contribution in [-0.4, -0.2) is 17.0 Å². The van der Waals surface area contributed by atoms with Crippen LogP contribution in [0.15, 0.2) is 72.8 Å². The summed E-state index contributed by atoms with van der Waals surface area (Å²) in [6, 6.07) is 19.7. The fourth-order valence-corrected chi connectivity index (χ4v) is 2.50. The molecule has 0 unspecified atom stereocenters. The lowest BCUT2D eigenvalue weighted by molar-refractivity contribution is 0.0998. The summed E-state index contributed by atoms with van der Waals surface area (Å²) in [6.45, 7) is 0.198. The first-order valence-electron chi connectivity index (χ1n) is 8.51. The van der Waals surface area contributed by atoms with Gasteiger partial charge in [-0.2, -0.15) is 0 Å². The number of carbonyl (C=O) groups excluding carboxylic acids is 2. The first-order valence-corrected chi connectivity index (χ1v) is 8.51. The van der Waals surface area contributed by atoms with Gasteiger partial charge in [0.2, 0.25) is 0 Å². The summed E-state index contributed by atoms with van der Waals surface area (Å²) >= 11 is 0. The van der Waals surface area contributed by atoms with Crippen molar-refractivity contribution in [1.82, 2.24) is 5.32 Å². The molecule has 0 spiro atoms. The summed E-state index contributed by atoms with van der Waals surface area (Å²) in [6.07, 6.45) is 0. The molecule has 3 rings (SSSR count). The number of phenolic OH excluding ortho intramolecular Hbond substituents is 1. The maximum absolute atomic E-state index is 12.0. The normalized spacial score (nSPS) is 10.1. The molecule has 142 valence electrons. The Bertz CT molecular complexity index is 987. The highest BCUT2D eigenvalue weighted by molar-refractivity contribution is 5.95. The van der Waals surface area contributed by atoms with Gasteiger partial charge in [-0.15, -0.1) is 0 Å². The number of nitrogens with one attached hydrogen (secondary N) is 2. The largest absolute Gasteiger partial charge is 0.508 e. The van der Waals surface area contributed by atoms with Gasteiger partial charge in [-0.25, -0.2) is 4.79 Å². The summed E-state index contributed by atoms with van der Waals surface area (Å²) in [5.74, 6) is 0.403. The van der Waals surface area contributed by atoms with Crippen LogP contribution in [0.5, 0.6) is 17.2 Å². The van der Waals surface area contributed by atoms with Gasteiger partial charge in [0.25, 0.3) is 5.91 Å². The number of anilines is 1. The third-order valence-corrected chi connectivity index (χ3v) is 3.92. The number of hydrogen-bond acceptors (Lipinski definition) is 4. The SMILES string of the molecule is NC(=O)c1ccccc1Oc1ccc(NC(=O)NCc2ccccc2O)cc1. The zero-order valence-corrected chi connectivity index (χ0v) is 14.9. The molecule has 0 saturated carbocycles. The number of rotatable bonds is 6. The topological polar surface area (TPSA) is 114 Å². The van der Waals surface area contributed by atoms with Crippen LogP contribution in [0.3, 0.4) is 0 Å². The maximum atomic E-state index is 12.0. The van der Waals surface area contributed by atoms with E-state index in [0.717, 1.165) is 0 Å². The van der Waals surface area contributed by atoms with Crippen molar-refractivity contribution in [2.75, 3.05) is 5.32 Å². The number of urea groups is 1. The zero-order chi connectivity index (χ0) is 19.9. The van der Waals surface area contributed by atoms with E-state index in [2.05, 4.69) is 10.6 Å². The summed E-state index contributed by atoms with van der Waals surface area (Å²) in [4.78, 5) is 23.5. The standard InChI is InChI=1S/C21H19N3O4/c22-20(26)17-6-2-4-8-19(17)28-16-11-9-15(10-12-16)24-21(27)23-13-14-5-1-3-7-18(14)25/h1-12,25H,13H2,(H2,22,26)(H2,23,24,27). The van der Waals surface area contributed by atoms with Crippen molar-refractivity contribution < 1.29 is 19.4 Å². The lowest BCUT2D eigenvalue weighted by Gasteiger charge is -2.11. The van der Waals surface area contributed by atoms with Crippen LogP contribution in [0.4, 0.5) is 10.5 Å².